The van der Waals surface area contributed by atoms with E-state index in [-0.39, 0.29) is 18.1 Å². The molecular formula is C13H9BF3N2O-. The Hall–Kier alpha value is -2.49. The summed E-state index contributed by atoms with van der Waals surface area (Å²) in [4.78, 5) is 3.82. The predicted molar refractivity (Wildman–Crippen MR) is 68.4 cm³/mol. The van der Waals surface area contributed by atoms with Gasteiger partial charge in [-0.25, -0.2) is 4.98 Å². The van der Waals surface area contributed by atoms with Crippen LogP contribution in [0.4, 0.5) is 12.9 Å². The van der Waals surface area contributed by atoms with Crippen molar-refractivity contribution >= 4 is 12.4 Å². The monoisotopic (exact) mass is 277 g/mol. The molecule has 0 aliphatic heterocycles. The Labute approximate surface area is 113 Å². The summed E-state index contributed by atoms with van der Waals surface area (Å²) in [5, 5.41) is 8.85. The fraction of sp³-hybridized carbons (Fsp3) is 0.0769. The van der Waals surface area contributed by atoms with Crippen molar-refractivity contribution in [2.75, 3.05) is 0 Å². The SMILES string of the molecule is N#Cc1ncccc1COc1ccccc1[B-](F)(F)F. The van der Waals surface area contributed by atoms with Crippen LogP contribution in [0.3, 0.4) is 0 Å². The van der Waals surface area contributed by atoms with Gasteiger partial charge in [-0.2, -0.15) is 5.26 Å². The molecule has 0 amide bonds. The molecule has 0 bridgehead atoms. The van der Waals surface area contributed by atoms with Gasteiger partial charge in [0.05, 0.1) is 5.75 Å². The maximum absolute atomic E-state index is 12.8. The third-order valence-electron chi connectivity index (χ3n) is 2.65. The molecule has 0 unspecified atom stereocenters. The Bertz CT molecular complexity index is 653. The van der Waals surface area contributed by atoms with Crippen LogP contribution < -0.4 is 10.2 Å². The van der Waals surface area contributed by atoms with Crippen molar-refractivity contribution in [3.8, 4) is 11.8 Å². The van der Waals surface area contributed by atoms with Crippen molar-refractivity contribution in [3.63, 3.8) is 0 Å². The molecule has 0 radical (unpaired) electrons. The molecule has 0 aliphatic carbocycles. The zero-order chi connectivity index (χ0) is 14.6. The average molecular weight is 277 g/mol. The van der Waals surface area contributed by atoms with Crippen LogP contribution in [-0.4, -0.2) is 12.0 Å². The van der Waals surface area contributed by atoms with Crippen LogP contribution in [-0.2, 0) is 6.61 Å². The largest absolute Gasteiger partial charge is 0.513 e. The van der Waals surface area contributed by atoms with E-state index in [0.717, 1.165) is 6.07 Å². The van der Waals surface area contributed by atoms with Crippen LogP contribution in [0.25, 0.3) is 0 Å². The van der Waals surface area contributed by atoms with E-state index in [1.165, 1.54) is 24.4 Å². The maximum Gasteiger partial charge on any atom is 0.513 e. The van der Waals surface area contributed by atoms with E-state index < -0.39 is 12.4 Å². The number of para-hydroxylation sites is 1. The highest BCUT2D eigenvalue weighted by Crippen LogP contribution is 2.19. The van der Waals surface area contributed by atoms with Crippen molar-refractivity contribution in [2.45, 2.75) is 6.61 Å². The Balaban J connectivity index is 2.22. The summed E-state index contributed by atoms with van der Waals surface area (Å²) in [6.07, 6.45) is 1.44. The number of nitrogens with zero attached hydrogens (tertiary/aromatic N) is 2. The van der Waals surface area contributed by atoms with Gasteiger partial charge >= 0.3 is 6.98 Å². The second kappa shape index (κ2) is 5.65. The highest BCUT2D eigenvalue weighted by molar-refractivity contribution is 6.74. The standard InChI is InChI=1S/C13H9BF3N2O/c15-14(16,17)11-5-1-2-6-13(11)20-9-10-4-3-7-19-12(10)8-18/h1-7H,9H2/q-1. The van der Waals surface area contributed by atoms with Crippen molar-refractivity contribution < 1.29 is 17.7 Å². The zero-order valence-electron chi connectivity index (χ0n) is 10.3. The van der Waals surface area contributed by atoms with E-state index in [4.69, 9.17) is 10.00 Å². The molecule has 0 saturated carbocycles. The normalized spacial score (nSPS) is 10.9. The van der Waals surface area contributed by atoms with Crippen molar-refractivity contribution in [1.29, 1.82) is 5.26 Å². The maximum atomic E-state index is 12.8. The molecule has 2 rings (SSSR count). The predicted octanol–water partition coefficient (Wildman–Crippen LogP) is 2.59. The van der Waals surface area contributed by atoms with Gasteiger partial charge in [-0.05, 0) is 12.1 Å². The topological polar surface area (TPSA) is 45.9 Å². The van der Waals surface area contributed by atoms with Gasteiger partial charge in [-0.15, -0.1) is 0 Å². The first kappa shape index (κ1) is 13.9. The summed E-state index contributed by atoms with van der Waals surface area (Å²) >= 11 is 0. The van der Waals surface area contributed by atoms with Gasteiger partial charge in [0.1, 0.15) is 18.4 Å². The Morgan fingerprint density at radius 1 is 1.15 bits per heavy atom. The first-order chi connectivity index (χ1) is 9.52. The fourth-order valence-electron chi connectivity index (χ4n) is 1.69. The lowest BCUT2D eigenvalue weighted by Crippen LogP contribution is -2.35. The molecule has 20 heavy (non-hydrogen) atoms. The number of ether oxygens (including phenoxy) is 1. The number of halogens is 3. The molecule has 2 aromatic rings. The highest BCUT2D eigenvalue weighted by Gasteiger charge is 2.28. The van der Waals surface area contributed by atoms with Crippen LogP contribution in [0, 0.1) is 11.3 Å². The molecule has 3 nitrogen and oxygen atoms in total. The number of benzene rings is 1. The van der Waals surface area contributed by atoms with Crippen LogP contribution >= 0.6 is 0 Å². The number of nitriles is 1. The minimum Gasteiger partial charge on any atom is -0.492 e. The average Bonchev–Trinajstić information content (AvgIpc) is 2.44. The number of rotatable bonds is 4. The molecule has 7 heteroatoms. The molecule has 1 aromatic heterocycles. The number of aromatic nitrogens is 1. The van der Waals surface area contributed by atoms with Crippen molar-refractivity contribution in [3.05, 3.63) is 53.9 Å². The van der Waals surface area contributed by atoms with Crippen molar-refractivity contribution in [2.24, 2.45) is 0 Å². The van der Waals surface area contributed by atoms with Crippen LogP contribution in [0.5, 0.6) is 5.75 Å². The summed E-state index contributed by atoms with van der Waals surface area (Å²) < 4.78 is 43.7. The van der Waals surface area contributed by atoms with Gasteiger partial charge in [0.2, 0.25) is 0 Å². The molecule has 0 fully saturated rings. The first-order valence-electron chi connectivity index (χ1n) is 5.78. The van der Waals surface area contributed by atoms with E-state index >= 15 is 0 Å². The van der Waals surface area contributed by atoms with Gasteiger partial charge in [-0.3, -0.25) is 0 Å². The quantitative estimate of drug-likeness (QED) is 0.807. The molecule has 0 N–H and O–H groups in total. The summed E-state index contributed by atoms with van der Waals surface area (Å²) in [6, 6.07) is 10.1. The minimum absolute atomic E-state index is 0.139. The van der Waals surface area contributed by atoms with E-state index in [9.17, 15) is 12.9 Å². The Kier molecular flexibility index (Phi) is 3.94. The van der Waals surface area contributed by atoms with Gasteiger partial charge in [0.25, 0.3) is 0 Å². The molecule has 0 saturated heterocycles. The second-order valence-corrected chi connectivity index (χ2v) is 4.02. The third kappa shape index (κ3) is 3.09. The van der Waals surface area contributed by atoms with Gasteiger partial charge in [0, 0.05) is 11.8 Å². The molecule has 1 heterocycles. The van der Waals surface area contributed by atoms with Crippen LogP contribution in [0.15, 0.2) is 42.6 Å². The lowest BCUT2D eigenvalue weighted by atomic mass is 9.79. The second-order valence-electron chi connectivity index (χ2n) is 4.02. The summed E-state index contributed by atoms with van der Waals surface area (Å²) in [6.45, 7) is -5.28. The third-order valence-corrected chi connectivity index (χ3v) is 2.65. The lowest BCUT2D eigenvalue weighted by Gasteiger charge is -2.19. The first-order valence-corrected chi connectivity index (χ1v) is 5.78. The summed E-state index contributed by atoms with van der Waals surface area (Å²) in [5.41, 5.74) is -0.197. The summed E-state index contributed by atoms with van der Waals surface area (Å²) in [5.74, 6) is -0.243. The molecular weight excluding hydrogens is 268 g/mol. The van der Waals surface area contributed by atoms with E-state index in [2.05, 4.69) is 4.98 Å². The fourth-order valence-corrected chi connectivity index (χ4v) is 1.69. The molecule has 1 aromatic carbocycles. The number of hydrogen-bond acceptors (Lipinski definition) is 3. The summed E-state index contributed by atoms with van der Waals surface area (Å²) in [7, 11) is 0. The Morgan fingerprint density at radius 2 is 1.90 bits per heavy atom. The lowest BCUT2D eigenvalue weighted by molar-refractivity contribution is 0.306. The molecule has 0 spiro atoms. The van der Waals surface area contributed by atoms with Crippen molar-refractivity contribution in [1.82, 2.24) is 4.98 Å². The zero-order valence-corrected chi connectivity index (χ0v) is 10.3. The molecule has 0 atom stereocenters. The van der Waals surface area contributed by atoms with Gasteiger partial charge in [0.15, 0.2) is 0 Å². The number of hydrogen-bond donors (Lipinski definition) is 0. The smallest absolute Gasteiger partial charge is 0.492 e. The van der Waals surface area contributed by atoms with Gasteiger partial charge < -0.3 is 17.7 Å². The molecule has 102 valence electrons. The molecule has 0 aliphatic rings. The van der Waals surface area contributed by atoms with Crippen LogP contribution in [0.2, 0.25) is 0 Å². The highest BCUT2D eigenvalue weighted by atomic mass is 19.4. The van der Waals surface area contributed by atoms with Crippen LogP contribution in [0.1, 0.15) is 11.3 Å². The number of pyridine rings is 1. The van der Waals surface area contributed by atoms with Gasteiger partial charge in [-0.1, -0.05) is 29.7 Å². The Morgan fingerprint density at radius 3 is 2.60 bits per heavy atom. The minimum atomic E-state index is -5.14. The van der Waals surface area contributed by atoms with E-state index in [0.29, 0.717) is 5.56 Å². The van der Waals surface area contributed by atoms with E-state index in [1.807, 2.05) is 6.07 Å². The van der Waals surface area contributed by atoms with E-state index in [1.54, 1.807) is 12.1 Å².